The topological polar surface area (TPSA) is 75.9 Å². The summed E-state index contributed by atoms with van der Waals surface area (Å²) in [6, 6.07) is 7.63. The molecule has 3 rings (SSSR count). The van der Waals surface area contributed by atoms with Gasteiger partial charge in [-0.3, -0.25) is 10.2 Å². The van der Waals surface area contributed by atoms with Gasteiger partial charge in [-0.05, 0) is 36.6 Å². The van der Waals surface area contributed by atoms with Crippen LogP contribution in [0.2, 0.25) is 0 Å². The van der Waals surface area contributed by atoms with E-state index in [1.54, 1.807) is 0 Å². The normalized spacial score (nSPS) is 19.0. The number of benzene rings is 1. The summed E-state index contributed by atoms with van der Waals surface area (Å²) in [4.78, 5) is 13.3. The lowest BCUT2D eigenvalue weighted by Gasteiger charge is -2.04. The number of ether oxygens (including phenoxy) is 1. The lowest BCUT2D eigenvalue weighted by molar-refractivity contribution is -0.114. The van der Waals surface area contributed by atoms with E-state index in [1.165, 1.54) is 23.1 Å². The molecule has 1 aromatic heterocycles. The van der Waals surface area contributed by atoms with E-state index in [1.807, 2.05) is 37.3 Å². The van der Waals surface area contributed by atoms with Gasteiger partial charge in [0.15, 0.2) is 5.78 Å². The van der Waals surface area contributed by atoms with Gasteiger partial charge in [0.05, 0.1) is 16.6 Å². The maximum atomic E-state index is 12.7. The second-order valence-corrected chi connectivity index (χ2v) is 7.75. The number of hydrogen-bond acceptors (Lipinski definition) is 7. The number of aryl methyl sites for hydroxylation is 1. The first-order chi connectivity index (χ1) is 12.1. The number of aromatic nitrogens is 2. The molecule has 1 aliphatic heterocycles. The van der Waals surface area contributed by atoms with Crippen LogP contribution in [0.4, 0.5) is 0 Å². The molecule has 7 heteroatoms. The van der Waals surface area contributed by atoms with E-state index in [2.05, 4.69) is 17.1 Å². The number of hydrogen-bond donors (Lipinski definition) is 1. The SMILES string of the molecule is CCCOc1ccc(C=C2SC(=N)C(c3nnc(CC)s3)C2=O)cc1. The standard InChI is InChI=1S/C18H19N3O2S2/c1-3-9-23-12-7-5-11(6-8-12)10-13-16(22)15(17(19)24-13)18-21-20-14(4-2)25-18/h5-8,10,15,19H,3-4,9H2,1-2H3. The van der Waals surface area contributed by atoms with Crippen molar-refractivity contribution in [2.75, 3.05) is 6.61 Å². The quantitative estimate of drug-likeness (QED) is 0.764. The zero-order chi connectivity index (χ0) is 17.8. The van der Waals surface area contributed by atoms with Gasteiger partial charge < -0.3 is 4.74 Å². The first-order valence-electron chi connectivity index (χ1n) is 8.19. The molecule has 1 unspecified atom stereocenters. The Bertz CT molecular complexity index is 812. The molecule has 2 heterocycles. The largest absolute Gasteiger partial charge is 0.494 e. The Morgan fingerprint density at radius 3 is 2.64 bits per heavy atom. The highest BCUT2D eigenvalue weighted by Gasteiger charge is 2.39. The fourth-order valence-electron chi connectivity index (χ4n) is 2.37. The van der Waals surface area contributed by atoms with Gasteiger partial charge in [0.2, 0.25) is 0 Å². The van der Waals surface area contributed by atoms with Crippen LogP contribution < -0.4 is 4.74 Å². The van der Waals surface area contributed by atoms with Crippen molar-refractivity contribution < 1.29 is 9.53 Å². The molecule has 1 aromatic carbocycles. The van der Waals surface area contributed by atoms with E-state index in [4.69, 9.17) is 10.1 Å². The third-order valence-corrected chi connectivity index (χ3v) is 5.80. The Labute approximate surface area is 155 Å². The average Bonchev–Trinajstić information content (AvgIpc) is 3.19. The van der Waals surface area contributed by atoms with E-state index in [0.29, 0.717) is 21.6 Å². The Hall–Kier alpha value is -1.99. The molecule has 0 saturated carbocycles. The van der Waals surface area contributed by atoms with Gasteiger partial charge in [0.25, 0.3) is 0 Å². The van der Waals surface area contributed by atoms with Gasteiger partial charge in [-0.15, -0.1) is 21.5 Å². The average molecular weight is 374 g/mol. The number of carbonyl (C=O) groups excluding carboxylic acids is 1. The van der Waals surface area contributed by atoms with E-state index in [-0.39, 0.29) is 5.78 Å². The summed E-state index contributed by atoms with van der Waals surface area (Å²) in [7, 11) is 0. The van der Waals surface area contributed by atoms with Gasteiger partial charge in [-0.2, -0.15) is 0 Å². The van der Waals surface area contributed by atoms with Crippen molar-refractivity contribution in [3.05, 3.63) is 44.7 Å². The second-order valence-electron chi connectivity index (χ2n) is 5.58. The van der Waals surface area contributed by atoms with E-state index in [9.17, 15) is 4.79 Å². The van der Waals surface area contributed by atoms with Gasteiger partial charge in [-0.25, -0.2) is 0 Å². The molecule has 1 aliphatic rings. The Kier molecular flexibility index (Phi) is 5.65. The number of Topliss-reactive ketones (excluding diaryl/α,β-unsaturated/α-hetero) is 1. The fraction of sp³-hybridized carbons (Fsp3) is 0.333. The highest BCUT2D eigenvalue weighted by molar-refractivity contribution is 8.19. The molecule has 130 valence electrons. The molecule has 0 aliphatic carbocycles. The predicted molar refractivity (Wildman–Crippen MR) is 103 cm³/mol. The first kappa shape index (κ1) is 17.8. The van der Waals surface area contributed by atoms with Crippen molar-refractivity contribution >= 4 is 40.0 Å². The van der Waals surface area contributed by atoms with Gasteiger partial charge in [-0.1, -0.05) is 37.7 Å². The Balaban J connectivity index is 1.78. The zero-order valence-corrected chi connectivity index (χ0v) is 15.7. The molecule has 0 radical (unpaired) electrons. The van der Waals surface area contributed by atoms with Crippen LogP contribution in [-0.4, -0.2) is 27.6 Å². The molecule has 1 N–H and O–H groups in total. The minimum Gasteiger partial charge on any atom is -0.494 e. The highest BCUT2D eigenvalue weighted by Crippen LogP contribution is 2.41. The molecule has 5 nitrogen and oxygen atoms in total. The van der Waals surface area contributed by atoms with E-state index >= 15 is 0 Å². The molecular formula is C18H19N3O2S2. The van der Waals surface area contributed by atoms with Crippen molar-refractivity contribution in [2.24, 2.45) is 0 Å². The van der Waals surface area contributed by atoms with Crippen molar-refractivity contribution in [1.29, 1.82) is 5.41 Å². The van der Waals surface area contributed by atoms with Crippen molar-refractivity contribution in [3.8, 4) is 5.75 Å². The predicted octanol–water partition coefficient (Wildman–Crippen LogP) is 4.31. The van der Waals surface area contributed by atoms with Crippen molar-refractivity contribution in [2.45, 2.75) is 32.6 Å². The van der Waals surface area contributed by atoms with Gasteiger partial charge in [0.1, 0.15) is 21.7 Å². The molecule has 1 fully saturated rings. The molecule has 0 amide bonds. The van der Waals surface area contributed by atoms with Crippen LogP contribution >= 0.6 is 23.1 Å². The summed E-state index contributed by atoms with van der Waals surface area (Å²) < 4.78 is 5.57. The smallest absolute Gasteiger partial charge is 0.186 e. The number of thioether (sulfide) groups is 1. The molecule has 1 atom stereocenters. The van der Waals surface area contributed by atoms with Gasteiger partial charge >= 0.3 is 0 Å². The van der Waals surface area contributed by atoms with E-state index in [0.717, 1.165) is 29.2 Å². The van der Waals surface area contributed by atoms with Crippen LogP contribution in [0.15, 0.2) is 29.2 Å². The molecule has 0 spiro atoms. The zero-order valence-electron chi connectivity index (χ0n) is 14.1. The number of rotatable bonds is 6. The summed E-state index contributed by atoms with van der Waals surface area (Å²) in [5.41, 5.74) is 0.916. The Morgan fingerprint density at radius 1 is 1.24 bits per heavy atom. The lowest BCUT2D eigenvalue weighted by Crippen LogP contribution is -2.11. The number of ketones is 1. The Morgan fingerprint density at radius 2 is 2.00 bits per heavy atom. The minimum atomic E-state index is -0.596. The molecule has 0 bridgehead atoms. The number of nitrogens with zero attached hydrogens (tertiary/aromatic N) is 2. The number of allylic oxidation sites excluding steroid dienone is 1. The first-order valence-corrected chi connectivity index (χ1v) is 9.83. The third kappa shape index (κ3) is 3.99. The summed E-state index contributed by atoms with van der Waals surface area (Å²) in [6.45, 7) is 4.75. The molecule has 2 aromatic rings. The third-order valence-electron chi connectivity index (χ3n) is 3.67. The molecule has 25 heavy (non-hydrogen) atoms. The fourth-order valence-corrected chi connectivity index (χ4v) is 4.32. The summed E-state index contributed by atoms with van der Waals surface area (Å²) in [5, 5.41) is 18.2. The van der Waals surface area contributed by atoms with Crippen LogP contribution in [0.3, 0.4) is 0 Å². The number of carbonyl (C=O) groups is 1. The van der Waals surface area contributed by atoms with Crippen LogP contribution in [0.1, 0.15) is 41.8 Å². The maximum absolute atomic E-state index is 12.7. The second kappa shape index (κ2) is 7.93. The maximum Gasteiger partial charge on any atom is 0.186 e. The van der Waals surface area contributed by atoms with Crippen LogP contribution in [-0.2, 0) is 11.2 Å². The highest BCUT2D eigenvalue weighted by atomic mass is 32.2. The van der Waals surface area contributed by atoms with E-state index < -0.39 is 5.92 Å². The van der Waals surface area contributed by atoms with Crippen molar-refractivity contribution in [1.82, 2.24) is 10.2 Å². The van der Waals surface area contributed by atoms with Crippen LogP contribution in [0, 0.1) is 5.41 Å². The molecule has 1 saturated heterocycles. The summed E-state index contributed by atoms with van der Waals surface area (Å²) >= 11 is 2.62. The lowest BCUT2D eigenvalue weighted by atomic mass is 10.1. The number of nitrogens with one attached hydrogen (secondary N) is 1. The summed E-state index contributed by atoms with van der Waals surface area (Å²) in [6.07, 6.45) is 3.58. The van der Waals surface area contributed by atoms with Crippen LogP contribution in [0.25, 0.3) is 6.08 Å². The van der Waals surface area contributed by atoms with Crippen LogP contribution in [0.5, 0.6) is 5.75 Å². The van der Waals surface area contributed by atoms with Gasteiger partial charge in [0, 0.05) is 0 Å². The minimum absolute atomic E-state index is 0.0693. The monoisotopic (exact) mass is 373 g/mol. The van der Waals surface area contributed by atoms with Crippen molar-refractivity contribution in [3.63, 3.8) is 0 Å². The molecular weight excluding hydrogens is 354 g/mol. The summed E-state index contributed by atoms with van der Waals surface area (Å²) in [5.74, 6) is 0.155.